The fraction of sp³-hybridized carbons (Fsp3) is 0.273. The van der Waals surface area contributed by atoms with Gasteiger partial charge in [-0.1, -0.05) is 0 Å². The van der Waals surface area contributed by atoms with Crippen LogP contribution in [0.1, 0.15) is 12.8 Å². The van der Waals surface area contributed by atoms with Crippen molar-refractivity contribution in [3.63, 3.8) is 0 Å². The summed E-state index contributed by atoms with van der Waals surface area (Å²) in [6.45, 7) is 0.544. The van der Waals surface area contributed by atoms with Crippen LogP contribution in [0.2, 0.25) is 0 Å². The molecule has 12 heteroatoms. The van der Waals surface area contributed by atoms with Crippen LogP contribution >= 0.6 is 0 Å². The van der Waals surface area contributed by atoms with Crippen LogP contribution in [0, 0.1) is 0 Å². The summed E-state index contributed by atoms with van der Waals surface area (Å²) in [5.74, 6) is -1.02. The number of nitrogens with one attached hydrogen (secondary N) is 1. The molecule has 4 rings (SSSR count). The highest BCUT2D eigenvalue weighted by molar-refractivity contribution is 7.89. The summed E-state index contributed by atoms with van der Waals surface area (Å²) in [5.41, 5.74) is 0.121. The van der Waals surface area contributed by atoms with Gasteiger partial charge in [0.05, 0.1) is 10.4 Å². The van der Waals surface area contributed by atoms with Crippen LogP contribution in [0.25, 0.3) is 10.9 Å². The summed E-state index contributed by atoms with van der Waals surface area (Å²) in [5, 5.41) is 2.98. The Morgan fingerprint density at radius 1 is 1.00 bits per heavy atom. The molecule has 0 atom stereocenters. The summed E-state index contributed by atoms with van der Waals surface area (Å²) in [6.07, 6.45) is -3.22. The van der Waals surface area contributed by atoms with Gasteiger partial charge < -0.3 is 10.1 Å². The zero-order chi connectivity index (χ0) is 24.5. The molecule has 1 aliphatic heterocycles. The van der Waals surface area contributed by atoms with E-state index in [2.05, 4.69) is 10.1 Å². The van der Waals surface area contributed by atoms with Crippen molar-refractivity contribution in [3.8, 4) is 5.75 Å². The number of aromatic nitrogens is 1. The molecule has 1 amide bonds. The average Bonchev–Trinajstić information content (AvgIpc) is 3.32. The molecule has 1 saturated heterocycles. The largest absolute Gasteiger partial charge is 0.573 e. The fourth-order valence-electron chi connectivity index (χ4n) is 3.77. The molecule has 34 heavy (non-hydrogen) atoms. The number of hydrogen-bond acceptors (Lipinski definition) is 5. The molecule has 2 aromatic carbocycles. The molecule has 0 aliphatic carbocycles. The Hall–Kier alpha value is -3.38. The second kappa shape index (κ2) is 9.11. The van der Waals surface area contributed by atoms with Gasteiger partial charge in [-0.15, -0.1) is 13.2 Å². The Bertz CT molecular complexity index is 1380. The first-order chi connectivity index (χ1) is 16.0. The molecule has 1 fully saturated rings. The average molecular weight is 495 g/mol. The van der Waals surface area contributed by atoms with E-state index < -0.39 is 33.6 Å². The summed E-state index contributed by atoms with van der Waals surface area (Å²) in [4.78, 5) is 25.0. The Kier molecular flexibility index (Phi) is 6.36. The number of fused-ring (bicyclic) bond motifs is 1. The molecular weight excluding hydrogens is 475 g/mol. The first-order valence-electron chi connectivity index (χ1n) is 10.3. The highest BCUT2D eigenvalue weighted by Gasteiger charge is 2.31. The first kappa shape index (κ1) is 23.8. The number of carbonyl (C=O) groups is 1. The maximum atomic E-state index is 12.8. The SMILES string of the molecule is O=C(Cn1c(=O)ccc2cc(S(=O)(=O)N3CCCC3)ccc21)Nc1ccc(OC(F)(F)F)cc1. The molecule has 2 heterocycles. The number of carbonyl (C=O) groups excluding carboxylic acids is 1. The highest BCUT2D eigenvalue weighted by Crippen LogP contribution is 2.25. The molecule has 1 aromatic heterocycles. The molecule has 3 aromatic rings. The second-order valence-electron chi connectivity index (χ2n) is 7.71. The Morgan fingerprint density at radius 3 is 2.32 bits per heavy atom. The van der Waals surface area contributed by atoms with Gasteiger partial charge in [-0.3, -0.25) is 14.2 Å². The van der Waals surface area contributed by atoms with E-state index in [0.29, 0.717) is 24.0 Å². The minimum absolute atomic E-state index is 0.109. The van der Waals surface area contributed by atoms with E-state index in [0.717, 1.165) is 25.0 Å². The van der Waals surface area contributed by atoms with E-state index in [9.17, 15) is 31.2 Å². The molecular formula is C22H20F3N3O5S. The van der Waals surface area contributed by atoms with Crippen molar-refractivity contribution >= 4 is 32.5 Å². The number of hydrogen-bond donors (Lipinski definition) is 1. The van der Waals surface area contributed by atoms with Crippen molar-refractivity contribution < 1.29 is 31.1 Å². The van der Waals surface area contributed by atoms with Gasteiger partial charge in [0.1, 0.15) is 12.3 Å². The summed E-state index contributed by atoms with van der Waals surface area (Å²) in [6, 6.07) is 11.7. The first-order valence-corrected chi connectivity index (χ1v) is 11.8. The molecule has 0 unspecified atom stereocenters. The fourth-order valence-corrected chi connectivity index (χ4v) is 5.32. The number of alkyl halides is 3. The highest BCUT2D eigenvalue weighted by atomic mass is 32.2. The van der Waals surface area contributed by atoms with Crippen LogP contribution in [0.4, 0.5) is 18.9 Å². The number of halogens is 3. The molecule has 0 radical (unpaired) electrons. The molecule has 180 valence electrons. The standard InChI is InChI=1S/C22H20F3N3O5S/c23-22(24,25)33-17-6-4-16(5-7-17)26-20(29)14-28-19-9-8-18(13-15(19)3-10-21(28)30)34(31,32)27-11-1-2-12-27/h3-10,13H,1-2,11-12,14H2,(H,26,29). The third-order valence-corrected chi connectivity index (χ3v) is 7.23. The Labute approximate surface area is 192 Å². The lowest BCUT2D eigenvalue weighted by Gasteiger charge is -2.16. The van der Waals surface area contributed by atoms with Gasteiger partial charge in [0.25, 0.3) is 5.56 Å². The Balaban J connectivity index is 1.54. The second-order valence-corrected chi connectivity index (χ2v) is 9.65. The Morgan fingerprint density at radius 2 is 1.68 bits per heavy atom. The maximum Gasteiger partial charge on any atom is 0.573 e. The predicted molar refractivity (Wildman–Crippen MR) is 118 cm³/mol. The molecule has 1 N–H and O–H groups in total. The van der Waals surface area contributed by atoms with Crippen molar-refractivity contribution in [2.24, 2.45) is 0 Å². The van der Waals surface area contributed by atoms with Gasteiger partial charge in [0.2, 0.25) is 15.9 Å². The van der Waals surface area contributed by atoms with Crippen LogP contribution in [0.15, 0.2) is 64.3 Å². The van der Waals surface area contributed by atoms with Crippen molar-refractivity contribution in [3.05, 3.63) is 65.0 Å². The lowest BCUT2D eigenvalue weighted by atomic mass is 10.2. The zero-order valence-electron chi connectivity index (χ0n) is 17.7. The molecule has 8 nitrogen and oxygen atoms in total. The van der Waals surface area contributed by atoms with E-state index in [1.165, 1.54) is 51.3 Å². The molecule has 1 aliphatic rings. The number of pyridine rings is 1. The summed E-state index contributed by atoms with van der Waals surface area (Å²) < 4.78 is 68.9. The number of sulfonamides is 1. The number of anilines is 1. The van der Waals surface area contributed by atoms with Gasteiger partial charge in [-0.25, -0.2) is 8.42 Å². The van der Waals surface area contributed by atoms with E-state index >= 15 is 0 Å². The number of rotatable bonds is 6. The van der Waals surface area contributed by atoms with Crippen LogP contribution in [-0.2, 0) is 21.4 Å². The van der Waals surface area contributed by atoms with Crippen molar-refractivity contribution in [1.29, 1.82) is 0 Å². The lowest BCUT2D eigenvalue weighted by molar-refractivity contribution is -0.274. The van der Waals surface area contributed by atoms with Crippen molar-refractivity contribution in [2.45, 2.75) is 30.6 Å². The zero-order valence-corrected chi connectivity index (χ0v) is 18.5. The topological polar surface area (TPSA) is 97.7 Å². The minimum atomic E-state index is -4.83. The van der Waals surface area contributed by atoms with E-state index in [4.69, 9.17) is 0 Å². The van der Waals surface area contributed by atoms with E-state index in [-0.39, 0.29) is 17.1 Å². The third kappa shape index (κ3) is 5.23. The molecule has 0 spiro atoms. The number of ether oxygens (including phenoxy) is 1. The number of amides is 1. The molecule has 0 saturated carbocycles. The van der Waals surface area contributed by atoms with Gasteiger partial charge in [0, 0.05) is 24.8 Å². The normalized spacial score (nSPS) is 14.9. The minimum Gasteiger partial charge on any atom is -0.406 e. The van der Waals surface area contributed by atoms with E-state index in [1.54, 1.807) is 0 Å². The quantitative estimate of drug-likeness (QED) is 0.566. The molecule has 0 bridgehead atoms. The van der Waals surface area contributed by atoms with Crippen LogP contribution in [0.5, 0.6) is 5.75 Å². The predicted octanol–water partition coefficient (Wildman–Crippen LogP) is 3.32. The van der Waals surface area contributed by atoms with Crippen molar-refractivity contribution in [2.75, 3.05) is 18.4 Å². The van der Waals surface area contributed by atoms with Crippen LogP contribution < -0.4 is 15.6 Å². The summed E-state index contributed by atoms with van der Waals surface area (Å²) in [7, 11) is -3.65. The number of nitrogens with zero attached hydrogens (tertiary/aromatic N) is 2. The maximum absolute atomic E-state index is 12.8. The van der Waals surface area contributed by atoms with Gasteiger partial charge >= 0.3 is 6.36 Å². The number of benzene rings is 2. The van der Waals surface area contributed by atoms with Crippen molar-refractivity contribution in [1.82, 2.24) is 8.87 Å². The van der Waals surface area contributed by atoms with Gasteiger partial charge in [-0.2, -0.15) is 4.31 Å². The summed E-state index contributed by atoms with van der Waals surface area (Å²) >= 11 is 0. The third-order valence-electron chi connectivity index (χ3n) is 5.34. The monoisotopic (exact) mass is 495 g/mol. The van der Waals surface area contributed by atoms with Crippen LogP contribution in [0.3, 0.4) is 0 Å². The van der Waals surface area contributed by atoms with E-state index in [1.807, 2.05) is 0 Å². The lowest BCUT2D eigenvalue weighted by Crippen LogP contribution is -2.28. The van der Waals surface area contributed by atoms with Crippen LogP contribution in [-0.4, -0.2) is 42.6 Å². The van der Waals surface area contributed by atoms with Gasteiger partial charge in [0.15, 0.2) is 0 Å². The smallest absolute Gasteiger partial charge is 0.406 e. The van der Waals surface area contributed by atoms with Gasteiger partial charge in [-0.05, 0) is 66.8 Å².